The van der Waals surface area contributed by atoms with Crippen LogP contribution in [0.1, 0.15) is 20.7 Å². The lowest BCUT2D eigenvalue weighted by Gasteiger charge is -2.11. The van der Waals surface area contributed by atoms with Crippen molar-refractivity contribution in [3.05, 3.63) is 96.3 Å². The molecule has 0 aliphatic heterocycles. The van der Waals surface area contributed by atoms with Crippen molar-refractivity contribution in [1.82, 2.24) is 15.4 Å². The first-order chi connectivity index (χ1) is 16.1. The van der Waals surface area contributed by atoms with Gasteiger partial charge in [-0.15, -0.1) is 0 Å². The van der Waals surface area contributed by atoms with Gasteiger partial charge in [-0.1, -0.05) is 36.4 Å². The van der Waals surface area contributed by atoms with Gasteiger partial charge in [0.15, 0.2) is 0 Å². The molecule has 8 nitrogen and oxygen atoms in total. The van der Waals surface area contributed by atoms with Gasteiger partial charge in [0.25, 0.3) is 11.8 Å². The zero-order valence-corrected chi connectivity index (χ0v) is 17.6. The van der Waals surface area contributed by atoms with Crippen LogP contribution in [0.25, 0.3) is 22.4 Å². The highest BCUT2D eigenvalue weighted by Crippen LogP contribution is 2.26. The first-order valence-electron chi connectivity index (χ1n) is 10.00. The van der Waals surface area contributed by atoms with E-state index < -0.39 is 11.8 Å². The van der Waals surface area contributed by atoms with E-state index in [1.165, 1.54) is 19.2 Å². The largest absolute Gasteiger partial charge is 0.497 e. The average molecular weight is 440 g/mol. The van der Waals surface area contributed by atoms with Crippen LogP contribution in [0.3, 0.4) is 0 Å². The fraction of sp³-hybridized carbons (Fsp3) is 0.0400. The SMILES string of the molecule is COc1cccc(C(=O)Nc2cc(C(=O)NO)cc(-c3ccc(-c4cccnc4)cc3)n2)c1. The molecule has 0 unspecified atom stereocenters. The summed E-state index contributed by atoms with van der Waals surface area (Å²) < 4.78 is 5.16. The van der Waals surface area contributed by atoms with Crippen LogP contribution in [0.5, 0.6) is 5.75 Å². The molecule has 8 heteroatoms. The van der Waals surface area contributed by atoms with E-state index in [1.807, 2.05) is 36.4 Å². The van der Waals surface area contributed by atoms with Crippen LogP contribution in [-0.2, 0) is 0 Å². The van der Waals surface area contributed by atoms with Gasteiger partial charge in [-0.25, -0.2) is 10.5 Å². The van der Waals surface area contributed by atoms with E-state index >= 15 is 0 Å². The number of ether oxygens (including phenoxy) is 1. The van der Waals surface area contributed by atoms with E-state index in [9.17, 15) is 9.59 Å². The molecule has 2 heterocycles. The van der Waals surface area contributed by atoms with Gasteiger partial charge in [0.1, 0.15) is 11.6 Å². The summed E-state index contributed by atoms with van der Waals surface area (Å²) in [5, 5.41) is 11.8. The van der Waals surface area contributed by atoms with Gasteiger partial charge in [0.05, 0.1) is 12.8 Å². The second kappa shape index (κ2) is 9.71. The number of aromatic nitrogens is 2. The Labute approximate surface area is 189 Å². The highest BCUT2D eigenvalue weighted by molar-refractivity contribution is 6.05. The molecule has 4 aromatic rings. The topological polar surface area (TPSA) is 113 Å². The van der Waals surface area contributed by atoms with E-state index in [0.29, 0.717) is 17.0 Å². The molecule has 164 valence electrons. The Bertz CT molecular complexity index is 1290. The number of pyridine rings is 2. The van der Waals surface area contributed by atoms with Crippen LogP contribution in [0.2, 0.25) is 0 Å². The number of hydroxylamine groups is 1. The molecule has 0 bridgehead atoms. The third-order valence-corrected chi connectivity index (χ3v) is 4.94. The minimum atomic E-state index is -0.720. The summed E-state index contributed by atoms with van der Waals surface area (Å²) in [5.74, 6) is -0.433. The van der Waals surface area contributed by atoms with Crippen molar-refractivity contribution in [1.29, 1.82) is 0 Å². The predicted octanol–water partition coefficient (Wildman–Crippen LogP) is 4.19. The van der Waals surface area contributed by atoms with E-state index in [1.54, 1.807) is 42.1 Å². The Balaban J connectivity index is 1.66. The van der Waals surface area contributed by atoms with Crippen LogP contribution >= 0.6 is 0 Å². The lowest BCUT2D eigenvalue weighted by molar-refractivity contribution is 0.0706. The number of hydrogen-bond acceptors (Lipinski definition) is 6. The molecule has 0 fully saturated rings. The molecular formula is C25H20N4O4. The Morgan fingerprint density at radius 2 is 1.64 bits per heavy atom. The standard InChI is InChI=1S/C25H20N4O4/c1-33-21-6-2-4-18(12-21)24(30)28-23-14-20(25(31)29-32)13-22(27-23)17-9-7-16(8-10-17)19-5-3-11-26-15-19/h2-15,32H,1H3,(H,29,31)(H,27,28,30). The van der Waals surface area contributed by atoms with E-state index in [2.05, 4.69) is 15.3 Å². The number of methoxy groups -OCH3 is 1. The highest BCUT2D eigenvalue weighted by Gasteiger charge is 2.14. The van der Waals surface area contributed by atoms with Crippen molar-refractivity contribution in [2.24, 2.45) is 0 Å². The maximum absolute atomic E-state index is 12.7. The van der Waals surface area contributed by atoms with Crippen molar-refractivity contribution in [3.63, 3.8) is 0 Å². The zero-order valence-electron chi connectivity index (χ0n) is 17.6. The molecule has 0 saturated carbocycles. The summed E-state index contributed by atoms with van der Waals surface area (Å²) in [7, 11) is 1.52. The molecule has 0 atom stereocenters. The molecule has 0 spiro atoms. The van der Waals surface area contributed by atoms with Gasteiger partial charge < -0.3 is 10.1 Å². The number of hydrogen-bond donors (Lipinski definition) is 3. The van der Waals surface area contributed by atoms with E-state index in [0.717, 1.165) is 16.7 Å². The number of carbonyl (C=O) groups is 2. The monoisotopic (exact) mass is 440 g/mol. The van der Waals surface area contributed by atoms with Crippen LogP contribution in [0, 0.1) is 0 Å². The van der Waals surface area contributed by atoms with Crippen LogP contribution in [0.4, 0.5) is 5.82 Å². The number of carbonyl (C=O) groups excluding carboxylic acids is 2. The number of anilines is 1. The summed E-state index contributed by atoms with van der Waals surface area (Å²) in [6.07, 6.45) is 3.48. The Morgan fingerprint density at radius 3 is 2.33 bits per heavy atom. The second-order valence-electron chi connectivity index (χ2n) is 7.07. The molecule has 0 radical (unpaired) electrons. The summed E-state index contributed by atoms with van der Waals surface area (Å²) >= 11 is 0. The first kappa shape index (κ1) is 21.7. The fourth-order valence-electron chi connectivity index (χ4n) is 3.26. The van der Waals surface area contributed by atoms with Gasteiger partial charge in [0.2, 0.25) is 0 Å². The lowest BCUT2D eigenvalue weighted by Crippen LogP contribution is -2.20. The predicted molar refractivity (Wildman–Crippen MR) is 123 cm³/mol. The summed E-state index contributed by atoms with van der Waals surface area (Å²) in [6.45, 7) is 0. The summed E-state index contributed by atoms with van der Waals surface area (Å²) in [4.78, 5) is 33.4. The van der Waals surface area contributed by atoms with Crippen molar-refractivity contribution in [3.8, 4) is 28.1 Å². The smallest absolute Gasteiger partial charge is 0.274 e. The van der Waals surface area contributed by atoms with Gasteiger partial charge >= 0.3 is 0 Å². The number of nitrogens with zero attached hydrogens (tertiary/aromatic N) is 2. The third-order valence-electron chi connectivity index (χ3n) is 4.94. The molecule has 33 heavy (non-hydrogen) atoms. The minimum absolute atomic E-state index is 0.139. The van der Waals surface area contributed by atoms with Gasteiger partial charge in [-0.05, 0) is 47.5 Å². The van der Waals surface area contributed by atoms with Gasteiger partial charge in [-0.2, -0.15) is 0 Å². The number of rotatable bonds is 6. The summed E-state index contributed by atoms with van der Waals surface area (Å²) in [5.41, 5.74) is 5.25. The molecule has 0 aliphatic rings. The molecule has 2 aromatic carbocycles. The van der Waals surface area contributed by atoms with Crippen molar-refractivity contribution >= 4 is 17.6 Å². The van der Waals surface area contributed by atoms with Crippen LogP contribution in [0.15, 0.2) is 85.2 Å². The third kappa shape index (κ3) is 5.03. The molecule has 0 aliphatic carbocycles. The lowest BCUT2D eigenvalue weighted by atomic mass is 10.0. The highest BCUT2D eigenvalue weighted by atomic mass is 16.5. The molecule has 0 saturated heterocycles. The fourth-order valence-corrected chi connectivity index (χ4v) is 3.26. The zero-order chi connectivity index (χ0) is 23.2. The van der Waals surface area contributed by atoms with E-state index in [4.69, 9.17) is 9.94 Å². The van der Waals surface area contributed by atoms with Crippen molar-refractivity contribution in [2.45, 2.75) is 0 Å². The first-order valence-corrected chi connectivity index (χ1v) is 10.00. The van der Waals surface area contributed by atoms with Gasteiger partial charge in [-0.3, -0.25) is 19.8 Å². The molecular weight excluding hydrogens is 420 g/mol. The summed E-state index contributed by atoms with van der Waals surface area (Å²) in [6, 6.07) is 21.0. The van der Waals surface area contributed by atoms with Crippen molar-refractivity contribution < 1.29 is 19.5 Å². The minimum Gasteiger partial charge on any atom is -0.497 e. The second-order valence-corrected chi connectivity index (χ2v) is 7.07. The van der Waals surface area contributed by atoms with Crippen molar-refractivity contribution in [2.75, 3.05) is 12.4 Å². The van der Waals surface area contributed by atoms with Gasteiger partial charge in [0, 0.05) is 29.1 Å². The normalized spacial score (nSPS) is 10.4. The van der Waals surface area contributed by atoms with Crippen LogP contribution < -0.4 is 15.5 Å². The molecule has 3 N–H and O–H groups in total. The van der Waals surface area contributed by atoms with Crippen LogP contribution in [-0.4, -0.2) is 34.1 Å². The van der Waals surface area contributed by atoms with E-state index in [-0.39, 0.29) is 11.4 Å². The number of amides is 2. The Morgan fingerprint density at radius 1 is 0.848 bits per heavy atom. The quantitative estimate of drug-likeness (QED) is 0.306. The maximum Gasteiger partial charge on any atom is 0.274 e. The number of nitrogens with one attached hydrogen (secondary N) is 2. The maximum atomic E-state index is 12.7. The Kier molecular flexibility index (Phi) is 6.38. The molecule has 2 amide bonds. The number of benzene rings is 2. The average Bonchev–Trinajstić information content (AvgIpc) is 2.88. The molecule has 4 rings (SSSR count). The Hall–Kier alpha value is -4.56. The molecule has 2 aromatic heterocycles.